The highest BCUT2D eigenvalue weighted by Crippen LogP contribution is 2.34. The first-order valence-corrected chi connectivity index (χ1v) is 12.4. The van der Waals surface area contributed by atoms with Gasteiger partial charge in [0, 0.05) is 37.3 Å². The van der Waals surface area contributed by atoms with Gasteiger partial charge < -0.3 is 30.8 Å². The Labute approximate surface area is 211 Å². The van der Waals surface area contributed by atoms with Gasteiger partial charge in [0.15, 0.2) is 5.82 Å². The monoisotopic (exact) mass is 489 g/mol. The van der Waals surface area contributed by atoms with E-state index in [9.17, 15) is 0 Å². The molecule has 0 spiro atoms. The van der Waals surface area contributed by atoms with Crippen molar-refractivity contribution in [2.24, 2.45) is 0 Å². The molecule has 0 amide bonds. The number of rotatable bonds is 8. The number of nitrogens with zero attached hydrogens (tertiary/aromatic N) is 4. The fraction of sp³-hybridized carbons (Fsp3) is 0.370. The van der Waals surface area contributed by atoms with E-state index in [2.05, 4.69) is 61.4 Å². The summed E-state index contributed by atoms with van der Waals surface area (Å²) in [4.78, 5) is 13.9. The van der Waals surface area contributed by atoms with Crippen LogP contribution in [0.5, 0.6) is 5.88 Å². The van der Waals surface area contributed by atoms with Gasteiger partial charge in [0.05, 0.1) is 19.2 Å². The Morgan fingerprint density at radius 3 is 2.81 bits per heavy atom. The van der Waals surface area contributed by atoms with Gasteiger partial charge in [-0.05, 0) is 42.7 Å². The first-order chi connectivity index (χ1) is 17.7. The van der Waals surface area contributed by atoms with E-state index >= 15 is 0 Å². The van der Waals surface area contributed by atoms with Gasteiger partial charge in [0.2, 0.25) is 11.8 Å². The van der Waals surface area contributed by atoms with Crippen LogP contribution >= 0.6 is 0 Å². The Hall–Kier alpha value is -3.69. The number of hydrogen-bond donors (Lipinski definition) is 4. The average molecular weight is 490 g/mol. The summed E-state index contributed by atoms with van der Waals surface area (Å²) in [6.45, 7) is 5.44. The number of methoxy groups -OCH3 is 1. The number of ether oxygens (including phenoxy) is 1. The van der Waals surface area contributed by atoms with Crippen molar-refractivity contribution in [3.8, 4) is 5.88 Å². The lowest BCUT2D eigenvalue weighted by atomic mass is 10.0. The highest BCUT2D eigenvalue weighted by Gasteiger charge is 2.20. The lowest BCUT2D eigenvalue weighted by molar-refractivity contribution is 0.391. The van der Waals surface area contributed by atoms with Gasteiger partial charge in [-0.1, -0.05) is 37.6 Å². The third-order valence-corrected chi connectivity index (χ3v) is 6.33. The number of pyridine rings is 1. The standard InChI is InChI=1S/C26H31N7O.CH4O/c1-3-4-11-29-24-23-22(31-26(27)32-24)20-7-5-6-8-21(20)33(23)16-19-14-18(15-30-25(19)34-2)17-9-12-28-13-10-17;1-2/h5-9,14-15,28H,3-4,10-13,16H2,1-2H3,(H3,27,29,31,32);2H,1H3. The van der Waals surface area contributed by atoms with Crippen LogP contribution in [0.4, 0.5) is 11.8 Å². The van der Waals surface area contributed by atoms with Crippen LogP contribution in [0.15, 0.2) is 42.6 Å². The molecule has 0 unspecified atom stereocenters. The van der Waals surface area contributed by atoms with Crippen LogP contribution < -0.4 is 21.1 Å². The number of benzene rings is 1. The van der Waals surface area contributed by atoms with Gasteiger partial charge in [-0.15, -0.1) is 0 Å². The zero-order chi connectivity index (χ0) is 25.5. The second kappa shape index (κ2) is 11.8. The first-order valence-electron chi connectivity index (χ1n) is 12.4. The molecular weight excluding hydrogens is 454 g/mol. The Bertz CT molecular complexity index is 1360. The zero-order valence-corrected chi connectivity index (χ0v) is 21.2. The van der Waals surface area contributed by atoms with Crippen molar-refractivity contribution in [3.63, 3.8) is 0 Å². The summed E-state index contributed by atoms with van der Waals surface area (Å²) < 4.78 is 7.91. The van der Waals surface area contributed by atoms with Crippen LogP contribution in [0.1, 0.15) is 37.3 Å². The van der Waals surface area contributed by atoms with Crippen LogP contribution in [-0.2, 0) is 6.54 Å². The van der Waals surface area contributed by atoms with Crippen LogP contribution in [0.3, 0.4) is 0 Å². The molecule has 5 rings (SSSR count). The normalized spacial score (nSPS) is 13.3. The molecule has 3 aromatic heterocycles. The van der Waals surface area contributed by atoms with Crippen LogP contribution in [0.25, 0.3) is 27.5 Å². The molecule has 0 radical (unpaired) electrons. The highest BCUT2D eigenvalue weighted by atomic mass is 16.5. The van der Waals surface area contributed by atoms with Gasteiger partial charge in [0.25, 0.3) is 0 Å². The van der Waals surface area contributed by atoms with Crippen molar-refractivity contribution < 1.29 is 9.84 Å². The number of nitrogens with two attached hydrogens (primary N) is 1. The maximum atomic E-state index is 7.00. The minimum Gasteiger partial charge on any atom is -0.481 e. The topological polar surface area (TPSA) is 123 Å². The number of nitrogens with one attached hydrogen (secondary N) is 2. The smallest absolute Gasteiger partial charge is 0.222 e. The average Bonchev–Trinajstić information content (AvgIpc) is 3.23. The Balaban J connectivity index is 0.00000148. The molecule has 0 atom stereocenters. The van der Waals surface area contributed by atoms with Crippen LogP contribution in [0, 0.1) is 0 Å². The third kappa shape index (κ3) is 5.12. The molecule has 1 aliphatic heterocycles. The first kappa shape index (κ1) is 25.4. The molecule has 5 N–H and O–H groups in total. The van der Waals surface area contributed by atoms with Gasteiger partial charge in [-0.3, -0.25) is 0 Å². The Morgan fingerprint density at radius 2 is 2.06 bits per heavy atom. The summed E-state index contributed by atoms with van der Waals surface area (Å²) in [7, 11) is 2.67. The summed E-state index contributed by atoms with van der Waals surface area (Å²) in [5.41, 5.74) is 12.5. The molecule has 4 aromatic rings. The third-order valence-electron chi connectivity index (χ3n) is 6.33. The predicted octanol–water partition coefficient (Wildman–Crippen LogP) is 3.82. The van der Waals surface area contributed by atoms with E-state index in [0.717, 1.165) is 84.9 Å². The number of anilines is 2. The number of aliphatic hydroxyl groups is 1. The molecule has 4 heterocycles. The summed E-state index contributed by atoms with van der Waals surface area (Å²) >= 11 is 0. The number of hydrogen-bond acceptors (Lipinski definition) is 8. The number of unbranched alkanes of at least 4 members (excludes halogenated alkanes) is 1. The molecule has 190 valence electrons. The molecule has 0 saturated heterocycles. The SMILES string of the molecule is CCCCNc1nc(N)nc2c3ccccc3n(Cc3cc(C4=CCNCC4)cnc3OC)c12.CO. The van der Waals surface area contributed by atoms with Crippen molar-refractivity contribution in [3.05, 3.63) is 53.7 Å². The van der Waals surface area contributed by atoms with Gasteiger partial charge >= 0.3 is 0 Å². The number of fused-ring (bicyclic) bond motifs is 3. The maximum absolute atomic E-state index is 7.00. The van der Waals surface area contributed by atoms with E-state index in [1.807, 2.05) is 18.3 Å². The van der Waals surface area contributed by atoms with Crippen molar-refractivity contribution in [1.82, 2.24) is 24.8 Å². The number of para-hydroxylation sites is 1. The van der Waals surface area contributed by atoms with E-state index in [4.69, 9.17) is 15.6 Å². The summed E-state index contributed by atoms with van der Waals surface area (Å²) in [6, 6.07) is 10.5. The van der Waals surface area contributed by atoms with Crippen LogP contribution in [-0.4, -0.2) is 58.5 Å². The lowest BCUT2D eigenvalue weighted by Gasteiger charge is -2.17. The minimum absolute atomic E-state index is 0.272. The van der Waals surface area contributed by atoms with Crippen molar-refractivity contribution >= 4 is 39.3 Å². The lowest BCUT2D eigenvalue weighted by Crippen LogP contribution is -2.20. The molecule has 0 fully saturated rings. The van der Waals surface area contributed by atoms with E-state index in [1.54, 1.807) is 7.11 Å². The number of aromatic nitrogens is 4. The number of aliphatic hydroxyl groups excluding tert-OH is 1. The van der Waals surface area contributed by atoms with Crippen molar-refractivity contribution in [2.75, 3.05) is 44.9 Å². The largest absolute Gasteiger partial charge is 0.481 e. The number of nitrogen functional groups attached to an aromatic ring is 1. The second-order valence-electron chi connectivity index (χ2n) is 8.59. The minimum atomic E-state index is 0.272. The molecular formula is C27H35N7O2. The molecule has 0 bridgehead atoms. The van der Waals surface area contributed by atoms with Gasteiger partial charge in [0.1, 0.15) is 11.0 Å². The quantitative estimate of drug-likeness (QED) is 0.276. The fourth-order valence-corrected chi connectivity index (χ4v) is 4.64. The summed E-state index contributed by atoms with van der Waals surface area (Å²) in [6.07, 6.45) is 7.29. The Morgan fingerprint density at radius 1 is 1.22 bits per heavy atom. The van der Waals surface area contributed by atoms with E-state index in [1.165, 1.54) is 5.57 Å². The second-order valence-corrected chi connectivity index (χ2v) is 8.59. The molecule has 0 saturated carbocycles. The van der Waals surface area contributed by atoms with E-state index in [0.29, 0.717) is 12.4 Å². The zero-order valence-electron chi connectivity index (χ0n) is 21.2. The molecule has 0 aliphatic carbocycles. The highest BCUT2D eigenvalue weighted by molar-refractivity contribution is 6.09. The molecule has 36 heavy (non-hydrogen) atoms. The van der Waals surface area contributed by atoms with Crippen molar-refractivity contribution in [2.45, 2.75) is 32.7 Å². The van der Waals surface area contributed by atoms with Crippen LogP contribution in [0.2, 0.25) is 0 Å². The molecule has 9 nitrogen and oxygen atoms in total. The maximum Gasteiger partial charge on any atom is 0.222 e. The van der Waals surface area contributed by atoms with Crippen molar-refractivity contribution in [1.29, 1.82) is 0 Å². The summed E-state index contributed by atoms with van der Waals surface area (Å²) in [5.74, 6) is 1.66. The molecule has 1 aromatic carbocycles. The van der Waals surface area contributed by atoms with E-state index < -0.39 is 0 Å². The molecule has 9 heteroatoms. The van der Waals surface area contributed by atoms with Gasteiger partial charge in [-0.2, -0.15) is 4.98 Å². The predicted molar refractivity (Wildman–Crippen MR) is 146 cm³/mol. The summed E-state index contributed by atoms with van der Waals surface area (Å²) in [5, 5.41) is 14.9. The fourth-order valence-electron chi connectivity index (χ4n) is 4.64. The molecule has 1 aliphatic rings. The van der Waals surface area contributed by atoms with Gasteiger partial charge in [-0.25, -0.2) is 9.97 Å². The Kier molecular flexibility index (Phi) is 8.35. The van der Waals surface area contributed by atoms with E-state index in [-0.39, 0.29) is 5.95 Å².